The van der Waals surface area contributed by atoms with Crippen molar-refractivity contribution in [1.82, 2.24) is 20.2 Å². The van der Waals surface area contributed by atoms with Crippen molar-refractivity contribution in [3.8, 4) is 11.5 Å². The molecule has 0 fully saturated rings. The van der Waals surface area contributed by atoms with Gasteiger partial charge in [-0.2, -0.15) is 5.10 Å². The number of aromatic nitrogens is 3. The van der Waals surface area contributed by atoms with Crippen molar-refractivity contribution in [2.75, 3.05) is 5.75 Å². The summed E-state index contributed by atoms with van der Waals surface area (Å²) >= 11 is 7.16. The molecule has 0 radical (unpaired) electrons. The van der Waals surface area contributed by atoms with Crippen molar-refractivity contribution in [3.05, 3.63) is 83.5 Å². The molecule has 0 spiro atoms. The second-order valence-electron chi connectivity index (χ2n) is 6.93. The average Bonchev–Trinajstić information content (AvgIpc) is 3.59. The molecule has 3 aromatic heterocycles. The van der Waals surface area contributed by atoms with Crippen molar-refractivity contribution >= 4 is 35.0 Å². The lowest BCUT2D eigenvalue weighted by atomic mass is 10.0. The van der Waals surface area contributed by atoms with Gasteiger partial charge in [-0.1, -0.05) is 35.5 Å². The summed E-state index contributed by atoms with van der Waals surface area (Å²) in [6, 6.07) is 14.3. The Morgan fingerprint density at radius 2 is 2.00 bits per heavy atom. The molecule has 1 amide bonds. The number of amides is 1. The summed E-state index contributed by atoms with van der Waals surface area (Å²) in [5, 5.41) is 15.0. The number of hydrogen-bond donors (Lipinski definition) is 0. The lowest BCUT2D eigenvalue weighted by Gasteiger charge is -2.19. The number of carbonyl (C=O) groups is 1. The number of benzene rings is 1. The fraction of sp³-hybridized carbons (Fsp3) is 0.136. The van der Waals surface area contributed by atoms with Crippen LogP contribution in [-0.4, -0.2) is 37.6 Å². The molecule has 0 aliphatic carbocycles. The van der Waals surface area contributed by atoms with Gasteiger partial charge in [0.05, 0.1) is 23.3 Å². The van der Waals surface area contributed by atoms with E-state index >= 15 is 0 Å². The minimum absolute atomic E-state index is 0.0866. The van der Waals surface area contributed by atoms with Crippen LogP contribution in [0.25, 0.3) is 11.5 Å². The van der Waals surface area contributed by atoms with E-state index in [1.165, 1.54) is 5.01 Å². The van der Waals surface area contributed by atoms with Gasteiger partial charge in [0, 0.05) is 23.8 Å². The van der Waals surface area contributed by atoms with E-state index in [9.17, 15) is 4.79 Å². The number of pyridine rings is 1. The van der Waals surface area contributed by atoms with E-state index in [4.69, 9.17) is 20.4 Å². The molecule has 5 rings (SSSR count). The molecule has 1 atom stereocenters. The highest BCUT2D eigenvalue weighted by molar-refractivity contribution is 7.99. The topological polar surface area (TPSA) is 97.6 Å². The molecule has 0 saturated carbocycles. The van der Waals surface area contributed by atoms with Crippen molar-refractivity contribution in [3.63, 3.8) is 0 Å². The predicted octanol–water partition coefficient (Wildman–Crippen LogP) is 4.85. The Morgan fingerprint density at radius 1 is 1.12 bits per heavy atom. The maximum absolute atomic E-state index is 13.1. The van der Waals surface area contributed by atoms with Crippen molar-refractivity contribution in [2.45, 2.75) is 17.7 Å². The highest BCUT2D eigenvalue weighted by Gasteiger charge is 2.35. The molecule has 0 unspecified atom stereocenters. The van der Waals surface area contributed by atoms with E-state index in [2.05, 4.69) is 20.3 Å². The van der Waals surface area contributed by atoms with Crippen LogP contribution < -0.4 is 0 Å². The summed E-state index contributed by atoms with van der Waals surface area (Å²) in [6.45, 7) is 0. The second-order valence-corrected chi connectivity index (χ2v) is 8.29. The van der Waals surface area contributed by atoms with Crippen molar-refractivity contribution < 1.29 is 13.6 Å². The Balaban J connectivity index is 1.32. The van der Waals surface area contributed by atoms with Crippen LogP contribution in [0, 0.1) is 0 Å². The molecule has 0 N–H and O–H groups in total. The largest absolute Gasteiger partial charge is 0.467 e. The first-order valence-electron chi connectivity index (χ1n) is 9.73. The standard InChI is InChI=1S/C22H16ClN5O3S/c23-16-7-5-14(6-8-16)17-11-18(19-4-2-10-30-19)28(27-17)20(29)13-32-22-26-25-21(31-22)15-3-1-9-24-12-15/h1-10,12,18H,11,13H2/t18-/m1/s1. The normalized spacial score (nSPS) is 15.7. The van der Waals surface area contributed by atoms with Crippen molar-refractivity contribution in [2.24, 2.45) is 5.10 Å². The quantitative estimate of drug-likeness (QED) is 0.375. The van der Waals surface area contributed by atoms with Crippen molar-refractivity contribution in [1.29, 1.82) is 0 Å². The number of furan rings is 1. The fourth-order valence-corrected chi connectivity index (χ4v) is 4.06. The Labute approximate surface area is 192 Å². The highest BCUT2D eigenvalue weighted by Crippen LogP contribution is 2.34. The Bertz CT molecular complexity index is 1240. The van der Waals surface area contributed by atoms with Crippen LogP contribution in [0.1, 0.15) is 23.8 Å². The molecule has 8 nitrogen and oxygen atoms in total. The molecule has 0 saturated heterocycles. The number of hydrogen-bond acceptors (Lipinski definition) is 8. The summed E-state index contributed by atoms with van der Waals surface area (Å²) in [5.41, 5.74) is 2.41. The molecule has 1 aliphatic heterocycles. The van der Waals surface area contributed by atoms with E-state index in [0.29, 0.717) is 33.9 Å². The van der Waals surface area contributed by atoms with Gasteiger partial charge >= 0.3 is 0 Å². The van der Waals surface area contributed by atoms with Gasteiger partial charge in [0.2, 0.25) is 5.89 Å². The summed E-state index contributed by atoms with van der Waals surface area (Å²) < 4.78 is 11.2. The van der Waals surface area contributed by atoms with Gasteiger partial charge in [-0.15, -0.1) is 10.2 Å². The molecule has 10 heteroatoms. The van der Waals surface area contributed by atoms with E-state index < -0.39 is 0 Å². The molecule has 32 heavy (non-hydrogen) atoms. The smallest absolute Gasteiger partial charge is 0.277 e. The molecular formula is C22H16ClN5O3S. The predicted molar refractivity (Wildman–Crippen MR) is 119 cm³/mol. The Kier molecular flexibility index (Phi) is 5.74. The average molecular weight is 466 g/mol. The van der Waals surface area contributed by atoms with E-state index in [0.717, 1.165) is 23.0 Å². The van der Waals surface area contributed by atoms with Gasteiger partial charge in [-0.25, -0.2) is 5.01 Å². The molecule has 4 heterocycles. The fourth-order valence-electron chi connectivity index (χ4n) is 3.32. The molecule has 160 valence electrons. The van der Waals surface area contributed by atoms with Gasteiger partial charge < -0.3 is 8.83 Å². The minimum Gasteiger partial charge on any atom is -0.467 e. The lowest BCUT2D eigenvalue weighted by molar-refractivity contribution is -0.130. The number of halogens is 1. The van der Waals surface area contributed by atoms with Crippen LogP contribution in [0.4, 0.5) is 0 Å². The Hall–Kier alpha value is -3.43. The maximum Gasteiger partial charge on any atom is 0.277 e. The zero-order valence-corrected chi connectivity index (χ0v) is 18.2. The highest BCUT2D eigenvalue weighted by atomic mass is 35.5. The Morgan fingerprint density at radius 3 is 2.75 bits per heavy atom. The van der Waals surface area contributed by atoms with Gasteiger partial charge in [-0.05, 0) is 42.0 Å². The summed E-state index contributed by atoms with van der Waals surface area (Å²) in [7, 11) is 0. The number of hydrazone groups is 1. The third-order valence-corrected chi connectivity index (χ3v) is 5.90. The molecule has 4 aromatic rings. The van der Waals surface area contributed by atoms with E-state index in [-0.39, 0.29) is 17.7 Å². The van der Waals surface area contributed by atoms with E-state index in [1.54, 1.807) is 42.9 Å². The van der Waals surface area contributed by atoms with Gasteiger partial charge in [0.15, 0.2) is 0 Å². The SMILES string of the molecule is O=C(CSc1nnc(-c2cccnc2)o1)N1N=C(c2ccc(Cl)cc2)C[C@@H]1c1ccco1. The number of rotatable bonds is 6. The zero-order valence-electron chi connectivity index (χ0n) is 16.6. The summed E-state index contributed by atoms with van der Waals surface area (Å²) in [5.74, 6) is 0.920. The molecule has 1 aliphatic rings. The van der Waals surface area contributed by atoms with Crippen LogP contribution in [0.3, 0.4) is 0 Å². The zero-order chi connectivity index (χ0) is 21.9. The van der Waals surface area contributed by atoms with Crippen LogP contribution in [-0.2, 0) is 4.79 Å². The lowest BCUT2D eigenvalue weighted by Crippen LogP contribution is -2.28. The third-order valence-electron chi connectivity index (χ3n) is 4.85. The number of thioether (sulfide) groups is 1. The second kappa shape index (κ2) is 8.97. The van der Waals surface area contributed by atoms with Crippen LogP contribution in [0.15, 0.2) is 86.3 Å². The molecular weight excluding hydrogens is 450 g/mol. The first kappa shape index (κ1) is 20.5. The molecule has 0 bridgehead atoms. The molecule has 1 aromatic carbocycles. The number of carbonyl (C=O) groups excluding carboxylic acids is 1. The number of nitrogens with zero attached hydrogens (tertiary/aromatic N) is 5. The maximum atomic E-state index is 13.1. The summed E-state index contributed by atoms with van der Waals surface area (Å²) in [6.07, 6.45) is 5.43. The van der Waals surface area contributed by atoms with Gasteiger partial charge in [-0.3, -0.25) is 9.78 Å². The van der Waals surface area contributed by atoms with Gasteiger partial charge in [0.25, 0.3) is 11.1 Å². The monoisotopic (exact) mass is 465 g/mol. The first-order valence-corrected chi connectivity index (χ1v) is 11.1. The van der Waals surface area contributed by atoms with Crippen LogP contribution in [0.5, 0.6) is 0 Å². The summed E-state index contributed by atoms with van der Waals surface area (Å²) in [4.78, 5) is 17.1. The van der Waals surface area contributed by atoms with Crippen LogP contribution in [0.2, 0.25) is 5.02 Å². The van der Waals surface area contributed by atoms with Gasteiger partial charge in [0.1, 0.15) is 11.8 Å². The first-order chi connectivity index (χ1) is 15.7. The minimum atomic E-state index is -0.322. The third kappa shape index (κ3) is 4.30. The van der Waals surface area contributed by atoms with E-state index in [1.807, 2.05) is 24.3 Å². The van der Waals surface area contributed by atoms with Crippen LogP contribution >= 0.6 is 23.4 Å².